The number of nitrogens with one attached hydrogen (secondary N) is 2. The number of carbonyl (C=O) groups excluding carboxylic acids is 2. The molecule has 2 aromatic heterocycles. The number of ether oxygens (including phenoxy) is 1. The van der Waals surface area contributed by atoms with Crippen molar-refractivity contribution in [3.05, 3.63) is 101 Å². The topological polar surface area (TPSA) is 104 Å². The third kappa shape index (κ3) is 5.26. The van der Waals surface area contributed by atoms with Gasteiger partial charge in [-0.05, 0) is 54.1 Å². The molecule has 0 unspecified atom stereocenters. The molecule has 0 aliphatic heterocycles. The summed E-state index contributed by atoms with van der Waals surface area (Å²) in [6.07, 6.45) is 0. The molecule has 2 aromatic carbocycles. The standard InChI is InChI=1S/C24H16FN3O4S/c25-17-7-5-15(6-8-17)21-11-12-22(33-21)24(30)28-27-23(29)20-10-9-18(32-20)14-31-19-4-2-1-3-16(19)13-26/h1-12H,14H2,(H,27,29)(H,28,30). The lowest BCUT2D eigenvalue weighted by molar-refractivity contribution is 0.0830. The van der Waals surface area contributed by atoms with Gasteiger partial charge in [0.2, 0.25) is 0 Å². The molecule has 7 nitrogen and oxygen atoms in total. The van der Waals surface area contributed by atoms with Crippen LogP contribution < -0.4 is 15.6 Å². The fraction of sp³-hybridized carbons (Fsp3) is 0.0417. The van der Waals surface area contributed by atoms with Crippen molar-refractivity contribution in [3.63, 3.8) is 0 Å². The molecule has 0 saturated heterocycles. The van der Waals surface area contributed by atoms with Crippen molar-refractivity contribution in [2.75, 3.05) is 0 Å². The minimum atomic E-state index is -0.637. The third-order valence-corrected chi connectivity index (χ3v) is 5.64. The van der Waals surface area contributed by atoms with Crippen LogP contribution in [0.2, 0.25) is 0 Å². The molecule has 0 atom stereocenters. The molecule has 4 aromatic rings. The smallest absolute Gasteiger partial charge is 0.305 e. The summed E-state index contributed by atoms with van der Waals surface area (Å²) in [6, 6.07) is 21.1. The largest absolute Gasteiger partial charge is 0.484 e. The van der Waals surface area contributed by atoms with Crippen LogP contribution in [-0.4, -0.2) is 11.8 Å². The first-order chi connectivity index (χ1) is 16.0. The molecule has 0 bridgehead atoms. The van der Waals surface area contributed by atoms with E-state index in [-0.39, 0.29) is 18.2 Å². The predicted molar refractivity (Wildman–Crippen MR) is 119 cm³/mol. The monoisotopic (exact) mass is 461 g/mol. The molecule has 0 fully saturated rings. The molecule has 9 heteroatoms. The Bertz CT molecular complexity index is 1340. The van der Waals surface area contributed by atoms with Crippen molar-refractivity contribution in [1.82, 2.24) is 10.9 Å². The van der Waals surface area contributed by atoms with E-state index in [4.69, 9.17) is 14.4 Å². The predicted octanol–water partition coefficient (Wildman–Crippen LogP) is 4.67. The Morgan fingerprint density at radius 2 is 1.73 bits per heavy atom. The van der Waals surface area contributed by atoms with Crippen molar-refractivity contribution in [2.24, 2.45) is 0 Å². The SMILES string of the molecule is N#Cc1ccccc1OCc1ccc(C(=O)NNC(=O)c2ccc(-c3ccc(F)cc3)s2)o1. The summed E-state index contributed by atoms with van der Waals surface area (Å²) in [7, 11) is 0. The van der Waals surface area contributed by atoms with E-state index >= 15 is 0 Å². The van der Waals surface area contributed by atoms with Crippen LogP contribution >= 0.6 is 11.3 Å². The van der Waals surface area contributed by atoms with Crippen LogP contribution in [0.4, 0.5) is 4.39 Å². The number of benzene rings is 2. The number of hydrogen-bond donors (Lipinski definition) is 2. The number of para-hydroxylation sites is 1. The molecule has 2 N–H and O–H groups in total. The van der Waals surface area contributed by atoms with Gasteiger partial charge in [0.05, 0.1) is 10.4 Å². The van der Waals surface area contributed by atoms with Crippen LogP contribution in [0.5, 0.6) is 5.75 Å². The number of carbonyl (C=O) groups is 2. The average Bonchev–Trinajstić information content (AvgIpc) is 3.52. The first-order valence-corrected chi connectivity index (χ1v) is 10.5. The third-order valence-electron chi connectivity index (χ3n) is 4.51. The Morgan fingerprint density at radius 1 is 0.970 bits per heavy atom. The first kappa shape index (κ1) is 21.8. The van der Waals surface area contributed by atoms with Crippen LogP contribution in [0.3, 0.4) is 0 Å². The number of hydrazine groups is 1. The van der Waals surface area contributed by atoms with Gasteiger partial charge in [0.25, 0.3) is 5.91 Å². The van der Waals surface area contributed by atoms with Gasteiger partial charge >= 0.3 is 5.91 Å². The number of nitriles is 1. The maximum Gasteiger partial charge on any atom is 0.305 e. The highest BCUT2D eigenvalue weighted by atomic mass is 32.1. The minimum absolute atomic E-state index is 0.0133. The molecule has 0 radical (unpaired) electrons. The molecular formula is C24H16FN3O4S. The van der Waals surface area contributed by atoms with Crippen LogP contribution in [0, 0.1) is 17.1 Å². The van der Waals surface area contributed by atoms with Crippen LogP contribution in [-0.2, 0) is 6.61 Å². The van der Waals surface area contributed by atoms with Gasteiger partial charge in [-0.3, -0.25) is 20.4 Å². The second kappa shape index (κ2) is 9.80. The Kier molecular flexibility index (Phi) is 6.48. The zero-order valence-electron chi connectivity index (χ0n) is 17.0. The van der Waals surface area contributed by atoms with Crippen molar-refractivity contribution in [2.45, 2.75) is 6.61 Å². The van der Waals surface area contributed by atoms with Crippen molar-refractivity contribution < 1.29 is 23.1 Å². The molecule has 2 heterocycles. The van der Waals surface area contributed by atoms with Crippen LogP contribution in [0.15, 0.2) is 77.2 Å². The van der Waals surface area contributed by atoms with Gasteiger partial charge in [-0.2, -0.15) is 5.26 Å². The number of amides is 2. The van der Waals surface area contributed by atoms with Gasteiger partial charge in [0.15, 0.2) is 5.76 Å². The second-order valence-corrected chi connectivity index (χ2v) is 7.83. The van der Waals surface area contributed by atoms with Gasteiger partial charge in [-0.15, -0.1) is 11.3 Å². The summed E-state index contributed by atoms with van der Waals surface area (Å²) in [5, 5.41) is 9.09. The molecule has 33 heavy (non-hydrogen) atoms. The number of hydrogen-bond acceptors (Lipinski definition) is 6. The van der Waals surface area contributed by atoms with E-state index in [9.17, 15) is 14.0 Å². The number of halogens is 1. The summed E-state index contributed by atoms with van der Waals surface area (Å²) in [4.78, 5) is 25.8. The van der Waals surface area contributed by atoms with E-state index in [2.05, 4.69) is 10.9 Å². The Labute approximate surface area is 192 Å². The van der Waals surface area contributed by atoms with E-state index in [0.29, 0.717) is 22.0 Å². The highest BCUT2D eigenvalue weighted by Crippen LogP contribution is 2.28. The summed E-state index contributed by atoms with van der Waals surface area (Å²) in [6.45, 7) is 0.0275. The number of nitrogens with zero attached hydrogens (tertiary/aromatic N) is 1. The maximum atomic E-state index is 13.1. The first-order valence-electron chi connectivity index (χ1n) is 9.70. The normalized spacial score (nSPS) is 10.3. The number of rotatable bonds is 6. The molecule has 0 spiro atoms. The fourth-order valence-electron chi connectivity index (χ4n) is 2.88. The molecule has 0 saturated carbocycles. The fourth-order valence-corrected chi connectivity index (χ4v) is 3.78. The Balaban J connectivity index is 1.31. The van der Waals surface area contributed by atoms with E-state index < -0.39 is 11.8 Å². The van der Waals surface area contributed by atoms with E-state index in [1.165, 1.54) is 29.5 Å². The van der Waals surface area contributed by atoms with Crippen molar-refractivity contribution >= 4 is 23.2 Å². The highest BCUT2D eigenvalue weighted by molar-refractivity contribution is 7.17. The minimum Gasteiger partial charge on any atom is -0.484 e. The van der Waals surface area contributed by atoms with Gasteiger partial charge in [0, 0.05) is 4.88 Å². The van der Waals surface area contributed by atoms with E-state index in [1.807, 2.05) is 6.07 Å². The van der Waals surface area contributed by atoms with Gasteiger partial charge < -0.3 is 9.15 Å². The molecule has 164 valence electrons. The summed E-state index contributed by atoms with van der Waals surface area (Å²) in [5.74, 6) is -0.699. The average molecular weight is 461 g/mol. The van der Waals surface area contributed by atoms with Crippen LogP contribution in [0.1, 0.15) is 31.6 Å². The lowest BCUT2D eigenvalue weighted by Crippen LogP contribution is -2.41. The number of furan rings is 1. The van der Waals surface area contributed by atoms with E-state index in [1.54, 1.807) is 54.6 Å². The van der Waals surface area contributed by atoms with Crippen molar-refractivity contribution in [3.8, 4) is 22.3 Å². The molecular weight excluding hydrogens is 445 g/mol. The molecule has 2 amide bonds. The quantitative estimate of drug-likeness (QED) is 0.406. The summed E-state index contributed by atoms with van der Waals surface area (Å²) >= 11 is 1.21. The second-order valence-electron chi connectivity index (χ2n) is 6.74. The molecule has 0 aliphatic rings. The zero-order valence-corrected chi connectivity index (χ0v) is 17.8. The van der Waals surface area contributed by atoms with E-state index in [0.717, 1.165) is 10.4 Å². The summed E-state index contributed by atoms with van der Waals surface area (Å²) in [5.41, 5.74) is 5.81. The highest BCUT2D eigenvalue weighted by Gasteiger charge is 2.15. The van der Waals surface area contributed by atoms with Gasteiger partial charge in [0.1, 0.15) is 30.0 Å². The van der Waals surface area contributed by atoms with Gasteiger partial charge in [-0.1, -0.05) is 24.3 Å². The lowest BCUT2D eigenvalue weighted by atomic mass is 10.2. The molecule has 4 rings (SSSR count). The van der Waals surface area contributed by atoms with Crippen molar-refractivity contribution in [1.29, 1.82) is 5.26 Å². The van der Waals surface area contributed by atoms with Crippen LogP contribution in [0.25, 0.3) is 10.4 Å². The van der Waals surface area contributed by atoms with Gasteiger partial charge in [-0.25, -0.2) is 4.39 Å². The lowest BCUT2D eigenvalue weighted by Gasteiger charge is -2.06. The molecule has 0 aliphatic carbocycles. The summed E-state index contributed by atoms with van der Waals surface area (Å²) < 4.78 is 24.1. The number of thiophene rings is 1. The zero-order chi connectivity index (χ0) is 23.2. The maximum absolute atomic E-state index is 13.1. The Morgan fingerprint density at radius 3 is 2.52 bits per heavy atom. The Hall–Kier alpha value is -4.42.